The lowest BCUT2D eigenvalue weighted by Crippen LogP contribution is -2.44. The van der Waals surface area contributed by atoms with Crippen LogP contribution in [-0.2, 0) is 14.8 Å². The summed E-state index contributed by atoms with van der Waals surface area (Å²) in [5, 5.41) is 3.89. The van der Waals surface area contributed by atoms with Gasteiger partial charge in [-0.25, -0.2) is 13.8 Å². The van der Waals surface area contributed by atoms with Crippen LogP contribution in [0.15, 0.2) is 56.9 Å². The van der Waals surface area contributed by atoms with Gasteiger partial charge in [0.2, 0.25) is 15.9 Å². The summed E-state index contributed by atoms with van der Waals surface area (Å²) in [6.45, 7) is 2.38. The lowest BCUT2D eigenvalue weighted by Gasteiger charge is -2.30. The highest BCUT2D eigenvalue weighted by molar-refractivity contribution is 7.89. The molecule has 2 heterocycles. The van der Waals surface area contributed by atoms with Gasteiger partial charge in [0.1, 0.15) is 11.5 Å². The minimum atomic E-state index is -3.59. The average molecular weight is 375 g/mol. The number of carbonyl (C=O) groups excluding carboxylic acids is 1. The molecule has 1 saturated heterocycles. The van der Waals surface area contributed by atoms with Crippen LogP contribution in [0.2, 0.25) is 0 Å². The van der Waals surface area contributed by atoms with E-state index in [1.54, 1.807) is 42.5 Å². The van der Waals surface area contributed by atoms with E-state index in [4.69, 9.17) is 4.42 Å². The molecule has 1 aromatic heterocycles. The van der Waals surface area contributed by atoms with E-state index in [1.807, 2.05) is 6.92 Å². The lowest BCUT2D eigenvalue weighted by molar-refractivity contribution is -0.126. The number of benzene rings is 1. The fourth-order valence-corrected chi connectivity index (χ4v) is 4.43. The molecule has 0 aliphatic carbocycles. The Morgan fingerprint density at radius 1 is 1.27 bits per heavy atom. The molecule has 0 bridgehead atoms. The number of aryl methyl sites for hydroxylation is 1. The van der Waals surface area contributed by atoms with Crippen molar-refractivity contribution < 1.29 is 17.6 Å². The molecule has 1 fully saturated rings. The van der Waals surface area contributed by atoms with Crippen molar-refractivity contribution >= 4 is 22.1 Å². The van der Waals surface area contributed by atoms with Crippen LogP contribution in [0.4, 0.5) is 0 Å². The Morgan fingerprint density at radius 3 is 2.73 bits per heavy atom. The number of furan rings is 1. The van der Waals surface area contributed by atoms with Gasteiger partial charge in [0.05, 0.1) is 17.0 Å². The van der Waals surface area contributed by atoms with E-state index in [1.165, 1.54) is 10.5 Å². The van der Waals surface area contributed by atoms with Gasteiger partial charge in [-0.15, -0.1) is 0 Å². The van der Waals surface area contributed by atoms with Crippen molar-refractivity contribution in [2.24, 2.45) is 11.0 Å². The second kappa shape index (κ2) is 7.84. The summed E-state index contributed by atoms with van der Waals surface area (Å²) in [5.74, 6) is 0.571. The van der Waals surface area contributed by atoms with Crippen LogP contribution in [0.5, 0.6) is 0 Å². The monoisotopic (exact) mass is 375 g/mol. The summed E-state index contributed by atoms with van der Waals surface area (Å²) in [5.41, 5.74) is 2.47. The number of hydrogen-bond acceptors (Lipinski definition) is 5. The fraction of sp³-hybridized carbons (Fsp3) is 0.333. The first kappa shape index (κ1) is 18.3. The SMILES string of the molecule is Cc1ccc(/C=N\NC(=O)[C@H]2CCCN(S(=O)(=O)c3ccccc3)C2)o1. The molecule has 0 unspecified atom stereocenters. The molecular weight excluding hydrogens is 354 g/mol. The summed E-state index contributed by atoms with van der Waals surface area (Å²) >= 11 is 0. The van der Waals surface area contributed by atoms with E-state index in [0.29, 0.717) is 25.1 Å². The molecular formula is C18H21N3O4S. The molecule has 7 nitrogen and oxygen atoms in total. The van der Waals surface area contributed by atoms with Crippen molar-refractivity contribution in [3.05, 3.63) is 54.0 Å². The standard InChI is InChI=1S/C18H21N3O4S/c1-14-9-10-16(25-14)12-19-20-18(22)15-6-5-11-21(13-15)26(23,24)17-7-3-2-4-8-17/h2-4,7-10,12,15H,5-6,11,13H2,1H3,(H,20,22)/b19-12-/t15-/m0/s1. The third kappa shape index (κ3) is 4.20. The third-order valence-corrected chi connectivity index (χ3v) is 6.14. The van der Waals surface area contributed by atoms with Crippen LogP contribution >= 0.6 is 0 Å². The molecule has 26 heavy (non-hydrogen) atoms. The zero-order valence-corrected chi connectivity index (χ0v) is 15.3. The number of hydrogen-bond donors (Lipinski definition) is 1. The van der Waals surface area contributed by atoms with Crippen LogP contribution in [0, 0.1) is 12.8 Å². The second-order valence-electron chi connectivity index (χ2n) is 6.20. The molecule has 3 rings (SSSR count). The van der Waals surface area contributed by atoms with E-state index in [9.17, 15) is 13.2 Å². The van der Waals surface area contributed by atoms with Gasteiger partial charge < -0.3 is 4.42 Å². The van der Waals surface area contributed by atoms with Gasteiger partial charge in [0, 0.05) is 13.1 Å². The molecule has 1 aliphatic rings. The van der Waals surface area contributed by atoms with E-state index in [2.05, 4.69) is 10.5 Å². The van der Waals surface area contributed by atoms with Gasteiger partial charge in [0.15, 0.2) is 0 Å². The number of piperidine rings is 1. The largest absolute Gasteiger partial charge is 0.460 e. The zero-order chi connectivity index (χ0) is 18.6. The number of nitrogens with zero attached hydrogens (tertiary/aromatic N) is 2. The first-order valence-corrected chi connectivity index (χ1v) is 9.85. The molecule has 1 amide bonds. The Balaban J connectivity index is 1.62. The Labute approximate surface area is 152 Å². The number of hydrazone groups is 1. The zero-order valence-electron chi connectivity index (χ0n) is 14.5. The Morgan fingerprint density at radius 2 is 2.04 bits per heavy atom. The first-order valence-electron chi connectivity index (χ1n) is 8.41. The average Bonchev–Trinajstić information content (AvgIpc) is 3.07. The summed E-state index contributed by atoms with van der Waals surface area (Å²) in [6.07, 6.45) is 2.68. The van der Waals surface area contributed by atoms with Crippen LogP contribution in [-0.4, -0.2) is 37.9 Å². The fourth-order valence-electron chi connectivity index (χ4n) is 2.89. The smallest absolute Gasteiger partial charge is 0.244 e. The maximum absolute atomic E-state index is 12.7. The number of rotatable bonds is 5. The Kier molecular flexibility index (Phi) is 5.53. The minimum Gasteiger partial charge on any atom is -0.460 e. The summed E-state index contributed by atoms with van der Waals surface area (Å²) < 4.78 is 32.1. The highest BCUT2D eigenvalue weighted by Crippen LogP contribution is 2.23. The quantitative estimate of drug-likeness (QED) is 0.640. The van der Waals surface area contributed by atoms with Crippen LogP contribution in [0.3, 0.4) is 0 Å². The topological polar surface area (TPSA) is 92.0 Å². The second-order valence-corrected chi connectivity index (χ2v) is 8.14. The van der Waals surface area contributed by atoms with E-state index in [0.717, 1.165) is 5.76 Å². The maximum atomic E-state index is 12.7. The van der Waals surface area contributed by atoms with Gasteiger partial charge in [-0.2, -0.15) is 9.41 Å². The summed E-state index contributed by atoms with van der Waals surface area (Å²) in [6, 6.07) is 11.8. The molecule has 1 N–H and O–H groups in total. The molecule has 2 aromatic rings. The van der Waals surface area contributed by atoms with Crippen molar-refractivity contribution in [1.29, 1.82) is 0 Å². The Hall–Kier alpha value is -2.45. The van der Waals surface area contributed by atoms with Crippen molar-refractivity contribution in [3.8, 4) is 0 Å². The number of amides is 1. The molecule has 1 aromatic carbocycles. The molecule has 138 valence electrons. The third-order valence-electron chi connectivity index (χ3n) is 4.26. The molecule has 8 heteroatoms. The van der Waals surface area contributed by atoms with Crippen molar-refractivity contribution in [1.82, 2.24) is 9.73 Å². The summed E-state index contributed by atoms with van der Waals surface area (Å²) in [4.78, 5) is 12.6. The van der Waals surface area contributed by atoms with Gasteiger partial charge in [-0.05, 0) is 44.0 Å². The highest BCUT2D eigenvalue weighted by atomic mass is 32.2. The molecule has 1 aliphatic heterocycles. The van der Waals surface area contributed by atoms with Crippen LogP contribution in [0.25, 0.3) is 0 Å². The highest BCUT2D eigenvalue weighted by Gasteiger charge is 2.33. The number of nitrogens with one attached hydrogen (secondary N) is 1. The maximum Gasteiger partial charge on any atom is 0.244 e. The summed E-state index contributed by atoms with van der Waals surface area (Å²) in [7, 11) is -3.59. The van der Waals surface area contributed by atoms with E-state index < -0.39 is 15.9 Å². The van der Waals surface area contributed by atoms with Crippen molar-refractivity contribution in [2.75, 3.05) is 13.1 Å². The normalized spacial score (nSPS) is 18.9. The van der Waals surface area contributed by atoms with Gasteiger partial charge in [0.25, 0.3) is 0 Å². The predicted octanol–water partition coefficient (Wildman–Crippen LogP) is 2.14. The first-order chi connectivity index (χ1) is 12.5. The number of carbonyl (C=O) groups is 1. The van der Waals surface area contributed by atoms with Crippen molar-refractivity contribution in [2.45, 2.75) is 24.7 Å². The van der Waals surface area contributed by atoms with Crippen molar-refractivity contribution in [3.63, 3.8) is 0 Å². The van der Waals surface area contributed by atoms with E-state index in [-0.39, 0.29) is 17.3 Å². The molecule has 0 spiro atoms. The van der Waals surface area contributed by atoms with Gasteiger partial charge >= 0.3 is 0 Å². The lowest BCUT2D eigenvalue weighted by atomic mass is 9.99. The molecule has 0 saturated carbocycles. The molecule has 0 radical (unpaired) electrons. The Bertz CT molecular complexity index is 890. The van der Waals surface area contributed by atoms with E-state index >= 15 is 0 Å². The van der Waals surface area contributed by atoms with Gasteiger partial charge in [-0.3, -0.25) is 4.79 Å². The van der Waals surface area contributed by atoms with Gasteiger partial charge in [-0.1, -0.05) is 18.2 Å². The predicted molar refractivity (Wildman–Crippen MR) is 97.1 cm³/mol. The minimum absolute atomic E-state index is 0.151. The number of sulfonamides is 1. The van der Waals surface area contributed by atoms with Crippen LogP contribution in [0.1, 0.15) is 24.4 Å². The van der Waals surface area contributed by atoms with Crippen LogP contribution < -0.4 is 5.43 Å². The molecule has 1 atom stereocenters.